The molecule has 0 spiro atoms. The molecule has 0 saturated carbocycles. The number of H-pyrrole nitrogens is 1. The first-order valence-corrected chi connectivity index (χ1v) is 7.78. The summed E-state index contributed by atoms with van der Waals surface area (Å²) in [6.07, 6.45) is 3.04. The van der Waals surface area contributed by atoms with Gasteiger partial charge in [-0.05, 0) is 36.4 Å². The minimum atomic E-state index is -1.20. The molecule has 2 N–H and O–H groups in total. The number of benzene rings is 2. The topological polar surface area (TPSA) is 94.7 Å². The lowest BCUT2D eigenvalue weighted by molar-refractivity contribution is 0.101. The Labute approximate surface area is 151 Å². The normalized spacial score (nSPS) is 10.7. The zero-order chi connectivity index (χ0) is 19.0. The Morgan fingerprint density at radius 3 is 2.81 bits per heavy atom. The molecule has 0 unspecified atom stereocenters. The zero-order valence-corrected chi connectivity index (χ0v) is 13.6. The molecule has 27 heavy (non-hydrogen) atoms. The number of amides is 1. The molecule has 1 amide bonds. The first-order chi connectivity index (χ1) is 13.1. The van der Waals surface area contributed by atoms with Crippen LogP contribution in [0, 0.1) is 23.0 Å². The van der Waals surface area contributed by atoms with E-state index in [9.17, 15) is 13.6 Å². The van der Waals surface area contributed by atoms with E-state index in [0.717, 1.165) is 17.7 Å². The molecular weight excluding hydrogens is 354 g/mol. The predicted molar refractivity (Wildman–Crippen MR) is 92.8 cm³/mol. The minimum absolute atomic E-state index is 0.319. The van der Waals surface area contributed by atoms with E-state index in [0.29, 0.717) is 22.3 Å². The quantitative estimate of drug-likeness (QED) is 0.569. The van der Waals surface area contributed by atoms with Crippen molar-refractivity contribution in [3.8, 4) is 17.3 Å². The average Bonchev–Trinajstić information content (AvgIpc) is 3.31. The SMILES string of the molecule is N#Cc1ccc(F)c(C(=O)Nc2ccc3[nH]nc(-c4ccoc4)c3c2)c1F. The van der Waals surface area contributed by atoms with Gasteiger partial charge >= 0.3 is 0 Å². The van der Waals surface area contributed by atoms with Crippen LogP contribution >= 0.6 is 0 Å². The Morgan fingerprint density at radius 1 is 1.22 bits per heavy atom. The molecular formula is C19H10F2N4O2. The van der Waals surface area contributed by atoms with Gasteiger partial charge in [-0.15, -0.1) is 0 Å². The number of aromatic nitrogens is 2. The second-order valence-corrected chi connectivity index (χ2v) is 5.69. The third-order valence-corrected chi connectivity index (χ3v) is 4.05. The van der Waals surface area contributed by atoms with Crippen LogP contribution in [-0.2, 0) is 0 Å². The number of fused-ring (bicyclic) bond motifs is 1. The van der Waals surface area contributed by atoms with Crippen LogP contribution in [0.25, 0.3) is 22.2 Å². The van der Waals surface area contributed by atoms with Gasteiger partial charge in [-0.25, -0.2) is 8.78 Å². The van der Waals surface area contributed by atoms with Crippen LogP contribution in [0.3, 0.4) is 0 Å². The van der Waals surface area contributed by atoms with Crippen molar-refractivity contribution in [2.45, 2.75) is 0 Å². The van der Waals surface area contributed by atoms with Gasteiger partial charge in [-0.3, -0.25) is 9.89 Å². The Bertz CT molecular complexity index is 1210. The maximum absolute atomic E-state index is 14.2. The van der Waals surface area contributed by atoms with E-state index in [1.807, 2.05) is 0 Å². The summed E-state index contributed by atoms with van der Waals surface area (Å²) in [7, 11) is 0. The fourth-order valence-corrected chi connectivity index (χ4v) is 2.75. The van der Waals surface area contributed by atoms with Crippen molar-refractivity contribution in [1.29, 1.82) is 5.26 Å². The number of furan rings is 1. The highest BCUT2D eigenvalue weighted by Crippen LogP contribution is 2.29. The van der Waals surface area contributed by atoms with Crippen LogP contribution in [0.2, 0.25) is 0 Å². The second-order valence-electron chi connectivity index (χ2n) is 5.69. The van der Waals surface area contributed by atoms with Crippen LogP contribution in [0.4, 0.5) is 14.5 Å². The fourth-order valence-electron chi connectivity index (χ4n) is 2.75. The Hall–Kier alpha value is -3.99. The van der Waals surface area contributed by atoms with Crippen LogP contribution in [-0.4, -0.2) is 16.1 Å². The van der Waals surface area contributed by atoms with Gasteiger partial charge in [0.25, 0.3) is 5.91 Å². The van der Waals surface area contributed by atoms with Crippen molar-refractivity contribution in [1.82, 2.24) is 10.2 Å². The Balaban J connectivity index is 1.71. The van der Waals surface area contributed by atoms with Crippen LogP contribution < -0.4 is 5.32 Å². The molecule has 0 radical (unpaired) electrons. The van der Waals surface area contributed by atoms with Crippen LogP contribution in [0.5, 0.6) is 0 Å². The number of halogens is 2. The smallest absolute Gasteiger partial charge is 0.261 e. The molecule has 0 atom stereocenters. The molecule has 0 aliphatic rings. The first kappa shape index (κ1) is 16.5. The van der Waals surface area contributed by atoms with Crippen molar-refractivity contribution >= 4 is 22.5 Å². The molecule has 6 nitrogen and oxygen atoms in total. The third kappa shape index (κ3) is 2.81. The van der Waals surface area contributed by atoms with Crippen molar-refractivity contribution in [3.05, 3.63) is 71.7 Å². The first-order valence-electron chi connectivity index (χ1n) is 7.78. The average molecular weight is 364 g/mol. The molecule has 2 aromatic carbocycles. The number of rotatable bonds is 3. The highest BCUT2D eigenvalue weighted by molar-refractivity contribution is 6.06. The van der Waals surface area contributed by atoms with Crippen LogP contribution in [0.1, 0.15) is 15.9 Å². The lowest BCUT2D eigenvalue weighted by Crippen LogP contribution is -2.16. The van der Waals surface area contributed by atoms with E-state index in [1.54, 1.807) is 30.3 Å². The predicted octanol–water partition coefficient (Wildman–Crippen LogP) is 4.23. The van der Waals surface area contributed by atoms with E-state index in [1.165, 1.54) is 12.5 Å². The summed E-state index contributed by atoms with van der Waals surface area (Å²) < 4.78 is 33.2. The number of nitrogens with zero attached hydrogens (tertiary/aromatic N) is 2. The third-order valence-electron chi connectivity index (χ3n) is 4.05. The van der Waals surface area contributed by atoms with Gasteiger partial charge in [0.05, 0.1) is 23.6 Å². The standard InChI is InChI=1S/C19H10F2N4O2/c20-14-3-1-10(8-22)17(21)16(14)19(26)23-12-2-4-15-13(7-12)18(25-24-15)11-5-6-27-9-11/h1-7,9H,(H,23,26)(H,24,25). The zero-order valence-electron chi connectivity index (χ0n) is 13.6. The molecule has 0 aliphatic heterocycles. The number of nitrogens with one attached hydrogen (secondary N) is 2. The van der Waals surface area contributed by atoms with Crippen molar-refractivity contribution in [2.75, 3.05) is 5.32 Å². The fraction of sp³-hybridized carbons (Fsp3) is 0. The number of carbonyl (C=O) groups excluding carboxylic acids is 1. The van der Waals surface area contributed by atoms with Crippen molar-refractivity contribution in [3.63, 3.8) is 0 Å². The number of hydrogen-bond donors (Lipinski definition) is 2. The largest absolute Gasteiger partial charge is 0.472 e. The summed E-state index contributed by atoms with van der Waals surface area (Å²) >= 11 is 0. The highest BCUT2D eigenvalue weighted by Gasteiger charge is 2.21. The maximum Gasteiger partial charge on any atom is 0.261 e. The molecule has 0 aliphatic carbocycles. The number of nitriles is 1. The Kier molecular flexibility index (Phi) is 3.90. The summed E-state index contributed by atoms with van der Waals surface area (Å²) in [6, 6.07) is 10.1. The summed E-state index contributed by atoms with van der Waals surface area (Å²) in [5.74, 6) is -3.24. The number of carbonyl (C=O) groups is 1. The summed E-state index contributed by atoms with van der Waals surface area (Å²) in [6.45, 7) is 0. The second kappa shape index (κ2) is 6.38. The molecule has 132 valence electrons. The van der Waals surface area contributed by atoms with Crippen LogP contribution in [0.15, 0.2) is 53.3 Å². The molecule has 0 fully saturated rings. The van der Waals surface area contributed by atoms with Gasteiger partial charge in [0.15, 0.2) is 5.82 Å². The molecule has 4 rings (SSSR count). The number of hydrogen-bond acceptors (Lipinski definition) is 4. The van der Waals surface area contributed by atoms with Crippen molar-refractivity contribution in [2.24, 2.45) is 0 Å². The minimum Gasteiger partial charge on any atom is -0.472 e. The molecule has 0 saturated heterocycles. The van der Waals surface area contributed by atoms with Crippen molar-refractivity contribution < 1.29 is 18.0 Å². The summed E-state index contributed by atoms with van der Waals surface area (Å²) in [4.78, 5) is 12.4. The monoisotopic (exact) mass is 364 g/mol. The van der Waals surface area contributed by atoms with E-state index in [2.05, 4.69) is 15.5 Å². The van der Waals surface area contributed by atoms with E-state index in [4.69, 9.17) is 9.68 Å². The molecule has 8 heteroatoms. The number of aromatic amines is 1. The highest BCUT2D eigenvalue weighted by atomic mass is 19.1. The molecule has 2 aromatic heterocycles. The van der Waals surface area contributed by atoms with Gasteiger partial charge in [0.2, 0.25) is 0 Å². The lowest BCUT2D eigenvalue weighted by Gasteiger charge is -2.08. The van der Waals surface area contributed by atoms with E-state index >= 15 is 0 Å². The molecule has 4 aromatic rings. The van der Waals surface area contributed by atoms with Gasteiger partial charge in [-0.1, -0.05) is 0 Å². The summed E-state index contributed by atoms with van der Waals surface area (Å²) in [5.41, 5.74) is 1.17. The van der Waals surface area contributed by atoms with E-state index in [-0.39, 0.29) is 0 Å². The van der Waals surface area contributed by atoms with Gasteiger partial charge in [0.1, 0.15) is 23.1 Å². The van der Waals surface area contributed by atoms with Gasteiger partial charge in [-0.2, -0.15) is 10.4 Å². The lowest BCUT2D eigenvalue weighted by atomic mass is 10.1. The molecule has 0 bridgehead atoms. The Morgan fingerprint density at radius 2 is 2.07 bits per heavy atom. The van der Waals surface area contributed by atoms with Gasteiger partial charge in [0, 0.05) is 16.6 Å². The maximum atomic E-state index is 14.2. The number of anilines is 1. The molecule has 2 heterocycles. The summed E-state index contributed by atoms with van der Waals surface area (Å²) in [5, 5.41) is 19.1. The van der Waals surface area contributed by atoms with E-state index < -0.39 is 28.7 Å². The van der Waals surface area contributed by atoms with Gasteiger partial charge < -0.3 is 9.73 Å².